The van der Waals surface area contributed by atoms with E-state index in [2.05, 4.69) is 26.3 Å². The summed E-state index contributed by atoms with van der Waals surface area (Å²) in [5.74, 6) is 0.322. The summed E-state index contributed by atoms with van der Waals surface area (Å²) in [6.07, 6.45) is 2.78. The summed E-state index contributed by atoms with van der Waals surface area (Å²) >= 11 is 0. The van der Waals surface area contributed by atoms with E-state index in [0.717, 1.165) is 38.3 Å². The molecule has 0 saturated carbocycles. The molecule has 6 rings (SSSR count). The van der Waals surface area contributed by atoms with Crippen molar-refractivity contribution in [2.24, 2.45) is 5.92 Å². The highest BCUT2D eigenvalue weighted by Crippen LogP contribution is 2.36. The van der Waals surface area contributed by atoms with E-state index >= 15 is 4.39 Å². The Kier molecular flexibility index (Phi) is 8.62. The summed E-state index contributed by atoms with van der Waals surface area (Å²) < 4.78 is 23.2. The molecule has 2 aromatic heterocycles. The number of carbonyl (C=O) groups is 1. The van der Waals surface area contributed by atoms with Crippen molar-refractivity contribution in [3.05, 3.63) is 71.9 Å². The minimum atomic E-state index is -0.531. The molecule has 2 fully saturated rings. The Balaban J connectivity index is 1.32. The maximum Gasteiger partial charge on any atom is 0.266 e. The lowest BCUT2D eigenvalue weighted by Crippen LogP contribution is -2.46. The van der Waals surface area contributed by atoms with Crippen molar-refractivity contribution in [2.45, 2.75) is 32.7 Å². The molecule has 1 atom stereocenters. The number of fused-ring (bicyclic) bond motifs is 1. The predicted molar refractivity (Wildman–Crippen MR) is 168 cm³/mol. The number of anilines is 1. The fraction of sp³-hybridized carbons (Fsp3) is 0.364. The number of likely N-dealkylation sites (tertiary alicyclic amines) is 1. The number of aromatic nitrogens is 4. The highest BCUT2D eigenvalue weighted by atomic mass is 19.1. The van der Waals surface area contributed by atoms with Gasteiger partial charge in [-0.3, -0.25) is 4.79 Å². The number of ether oxygens (including phenoxy) is 1. The monoisotopic (exact) mass is 609 g/mol. The normalized spacial score (nSPS) is 17.7. The highest BCUT2D eigenvalue weighted by molar-refractivity contribution is 5.99. The van der Waals surface area contributed by atoms with E-state index in [9.17, 15) is 10.1 Å². The molecule has 2 saturated heterocycles. The van der Waals surface area contributed by atoms with Gasteiger partial charge in [-0.2, -0.15) is 10.4 Å². The van der Waals surface area contributed by atoms with Crippen LogP contribution in [0.3, 0.4) is 0 Å². The van der Waals surface area contributed by atoms with Gasteiger partial charge in [0.1, 0.15) is 46.8 Å². The second kappa shape index (κ2) is 12.9. The van der Waals surface area contributed by atoms with Crippen molar-refractivity contribution >= 4 is 22.8 Å². The molecule has 12 heteroatoms. The topological polar surface area (TPSA) is 138 Å². The zero-order valence-electron chi connectivity index (χ0n) is 25.4. The molecule has 0 unspecified atom stereocenters. The van der Waals surface area contributed by atoms with Crippen LogP contribution in [0.25, 0.3) is 22.3 Å². The van der Waals surface area contributed by atoms with Crippen molar-refractivity contribution < 1.29 is 13.9 Å². The zero-order chi connectivity index (χ0) is 31.5. The van der Waals surface area contributed by atoms with Crippen molar-refractivity contribution in [3.63, 3.8) is 0 Å². The minimum absolute atomic E-state index is 0.0129. The first-order valence-corrected chi connectivity index (χ1v) is 15.3. The standard InChI is InChI=1S/C33H36FN9O2/c1-21(2)30(41-15-12-37-13-16-41)26(18-35)33(44)42-14-6-7-22(19-42)43-32-28(31(36)38-20-39-32)29(40-43)25-11-10-24(17-27(25)34)45-23-8-4-3-5-9-23/h3-5,8-11,17,20-22,37H,6-7,12-16,19H2,1-2H3,(H2,36,38,39)/t22-/m0/s1. The van der Waals surface area contributed by atoms with Crippen LogP contribution in [0.5, 0.6) is 11.5 Å². The quantitative estimate of drug-likeness (QED) is 0.229. The average Bonchev–Trinajstić information content (AvgIpc) is 3.45. The van der Waals surface area contributed by atoms with Crippen LogP contribution in [0.4, 0.5) is 10.2 Å². The van der Waals surface area contributed by atoms with Crippen molar-refractivity contribution in [1.82, 2.24) is 34.9 Å². The summed E-state index contributed by atoms with van der Waals surface area (Å²) in [6, 6.07) is 15.7. The Morgan fingerprint density at radius 3 is 2.58 bits per heavy atom. The van der Waals surface area contributed by atoms with Gasteiger partial charge in [0, 0.05) is 56.6 Å². The number of para-hydroxylation sites is 1. The molecule has 2 aliphatic heterocycles. The third-order valence-corrected chi connectivity index (χ3v) is 8.31. The van der Waals surface area contributed by atoms with Gasteiger partial charge in [0.2, 0.25) is 0 Å². The number of hydrogen-bond acceptors (Lipinski definition) is 9. The number of rotatable bonds is 7. The van der Waals surface area contributed by atoms with Crippen LogP contribution in [-0.4, -0.2) is 74.7 Å². The number of nitrogens with one attached hydrogen (secondary N) is 1. The molecule has 3 N–H and O–H groups in total. The molecule has 4 aromatic rings. The number of piperidine rings is 1. The summed E-state index contributed by atoms with van der Waals surface area (Å²) in [7, 11) is 0. The maximum atomic E-state index is 15.6. The highest BCUT2D eigenvalue weighted by Gasteiger charge is 2.33. The molecule has 0 radical (unpaired) electrons. The molecule has 1 amide bonds. The Morgan fingerprint density at radius 1 is 1.09 bits per heavy atom. The van der Waals surface area contributed by atoms with Gasteiger partial charge in [-0.1, -0.05) is 32.0 Å². The first-order chi connectivity index (χ1) is 21.9. The Labute approximate surface area is 261 Å². The molecule has 0 bridgehead atoms. The van der Waals surface area contributed by atoms with Gasteiger partial charge < -0.3 is 25.6 Å². The first kappa shape index (κ1) is 30.0. The third-order valence-electron chi connectivity index (χ3n) is 8.31. The van der Waals surface area contributed by atoms with Crippen molar-refractivity contribution in [1.29, 1.82) is 5.26 Å². The van der Waals surface area contributed by atoms with Gasteiger partial charge in [-0.15, -0.1) is 0 Å². The smallest absolute Gasteiger partial charge is 0.266 e. The number of nitrogens with two attached hydrogens (primary N) is 1. The number of nitrogen functional groups attached to an aromatic ring is 1. The third kappa shape index (κ3) is 6.04. The molecular formula is C33H36FN9O2. The molecule has 11 nitrogen and oxygen atoms in total. The van der Waals surface area contributed by atoms with E-state index in [0.29, 0.717) is 47.7 Å². The number of carbonyl (C=O) groups excluding carboxylic acids is 1. The Bertz CT molecular complexity index is 1770. The van der Waals surface area contributed by atoms with Crippen molar-refractivity contribution in [3.8, 4) is 28.8 Å². The summed E-state index contributed by atoms with van der Waals surface area (Å²) in [4.78, 5) is 26.4. The molecule has 0 spiro atoms. The predicted octanol–water partition coefficient (Wildman–Crippen LogP) is 4.51. The van der Waals surface area contributed by atoms with Gasteiger partial charge in [-0.25, -0.2) is 19.0 Å². The lowest BCUT2D eigenvalue weighted by molar-refractivity contribution is -0.128. The van der Waals surface area contributed by atoms with E-state index < -0.39 is 5.82 Å². The zero-order valence-corrected chi connectivity index (χ0v) is 25.4. The number of allylic oxidation sites excluding steroid dienone is 1. The lowest BCUT2D eigenvalue weighted by atomic mass is 9.99. The first-order valence-electron chi connectivity index (χ1n) is 15.3. The number of nitriles is 1. The van der Waals surface area contributed by atoms with Crippen LogP contribution in [0.1, 0.15) is 32.7 Å². The van der Waals surface area contributed by atoms with Gasteiger partial charge >= 0.3 is 0 Å². The fourth-order valence-electron chi connectivity index (χ4n) is 6.24. The van der Waals surface area contributed by atoms with Gasteiger partial charge in [-0.05, 0) is 43.0 Å². The molecule has 232 valence electrons. The fourth-order valence-corrected chi connectivity index (χ4v) is 6.24. The molecule has 0 aliphatic carbocycles. The van der Waals surface area contributed by atoms with E-state index in [1.807, 2.05) is 32.0 Å². The number of benzene rings is 2. The number of piperazine rings is 1. The number of hydrogen-bond donors (Lipinski definition) is 2. The van der Waals surface area contributed by atoms with Gasteiger partial charge in [0.25, 0.3) is 5.91 Å². The Hall–Kier alpha value is -5.02. The van der Waals surface area contributed by atoms with Gasteiger partial charge in [0.05, 0.1) is 11.4 Å². The molecule has 4 heterocycles. The summed E-state index contributed by atoms with van der Waals surface area (Å²) in [6.45, 7) is 7.97. The van der Waals surface area contributed by atoms with Gasteiger partial charge in [0.15, 0.2) is 5.65 Å². The lowest BCUT2D eigenvalue weighted by Gasteiger charge is -2.36. The van der Waals surface area contributed by atoms with E-state index in [4.69, 9.17) is 15.6 Å². The average molecular weight is 610 g/mol. The molecule has 45 heavy (non-hydrogen) atoms. The van der Waals surface area contributed by atoms with Crippen LogP contribution < -0.4 is 15.8 Å². The van der Waals surface area contributed by atoms with E-state index in [-0.39, 0.29) is 34.8 Å². The number of nitrogens with zero attached hydrogens (tertiary/aromatic N) is 7. The van der Waals surface area contributed by atoms with E-state index in [1.54, 1.807) is 33.8 Å². The second-order valence-corrected chi connectivity index (χ2v) is 11.6. The molecule has 2 aromatic carbocycles. The van der Waals surface area contributed by atoms with Crippen LogP contribution in [0.2, 0.25) is 0 Å². The maximum absolute atomic E-state index is 15.6. The summed E-state index contributed by atoms with van der Waals surface area (Å²) in [5, 5.41) is 18.8. The van der Waals surface area contributed by atoms with Crippen LogP contribution in [0.15, 0.2) is 66.1 Å². The largest absolute Gasteiger partial charge is 0.457 e. The second-order valence-electron chi connectivity index (χ2n) is 11.6. The molecular weight excluding hydrogens is 573 g/mol. The Morgan fingerprint density at radius 2 is 1.87 bits per heavy atom. The minimum Gasteiger partial charge on any atom is -0.457 e. The molecule has 2 aliphatic rings. The number of halogens is 1. The van der Waals surface area contributed by atoms with Crippen molar-refractivity contribution in [2.75, 3.05) is 45.0 Å². The number of amides is 1. The van der Waals surface area contributed by atoms with Crippen LogP contribution in [0, 0.1) is 23.1 Å². The summed E-state index contributed by atoms with van der Waals surface area (Å²) in [5.41, 5.74) is 8.29. The van der Waals surface area contributed by atoms with Crippen LogP contribution in [-0.2, 0) is 4.79 Å². The SMILES string of the molecule is CC(C)C(=C(C#N)C(=O)N1CCC[C@H](n2nc(-c3ccc(Oc4ccccc4)cc3F)c3c(N)ncnc32)C1)N1CCNCC1. The van der Waals surface area contributed by atoms with E-state index in [1.165, 1.54) is 12.4 Å². The van der Waals surface area contributed by atoms with Crippen LogP contribution >= 0.6 is 0 Å².